The van der Waals surface area contributed by atoms with Crippen LogP contribution >= 0.6 is 0 Å². The summed E-state index contributed by atoms with van der Waals surface area (Å²) in [5.74, 6) is 0. The lowest BCUT2D eigenvalue weighted by Crippen LogP contribution is -2.47. The first-order chi connectivity index (χ1) is 8.06. The van der Waals surface area contributed by atoms with Crippen LogP contribution in [-0.4, -0.2) is 25.8 Å². The highest BCUT2D eigenvalue weighted by molar-refractivity contribution is 5.71. The van der Waals surface area contributed by atoms with Crippen molar-refractivity contribution in [3.8, 4) is 0 Å². The fourth-order valence-electron chi connectivity index (χ4n) is 2.68. The smallest absolute Gasteiger partial charge is 0.0825 e. The molecule has 3 nitrogen and oxygen atoms in total. The van der Waals surface area contributed by atoms with E-state index in [0.29, 0.717) is 0 Å². The fourth-order valence-corrected chi connectivity index (χ4v) is 2.68. The molecule has 0 radical (unpaired) electrons. The SMILES string of the molecule is COC1(C)CCCN(c2c(C)cccc2N)C1. The molecule has 2 N–H and O–H groups in total. The molecule has 1 saturated heterocycles. The Kier molecular flexibility index (Phi) is 3.29. The summed E-state index contributed by atoms with van der Waals surface area (Å²) in [7, 11) is 1.80. The van der Waals surface area contributed by atoms with E-state index < -0.39 is 0 Å². The van der Waals surface area contributed by atoms with E-state index in [2.05, 4.69) is 24.8 Å². The van der Waals surface area contributed by atoms with Crippen LogP contribution in [-0.2, 0) is 4.74 Å². The first kappa shape index (κ1) is 12.2. The summed E-state index contributed by atoms with van der Waals surface area (Å²) in [5, 5.41) is 0. The molecular formula is C14H22N2O. The van der Waals surface area contributed by atoms with Gasteiger partial charge in [0.1, 0.15) is 0 Å². The molecule has 0 amide bonds. The van der Waals surface area contributed by atoms with Crippen LogP contribution in [0.25, 0.3) is 0 Å². The summed E-state index contributed by atoms with van der Waals surface area (Å²) >= 11 is 0. The number of methoxy groups -OCH3 is 1. The maximum Gasteiger partial charge on any atom is 0.0825 e. The van der Waals surface area contributed by atoms with Crippen molar-refractivity contribution >= 4 is 11.4 Å². The van der Waals surface area contributed by atoms with E-state index in [1.165, 1.54) is 11.3 Å². The van der Waals surface area contributed by atoms with Crippen LogP contribution in [0, 0.1) is 6.92 Å². The minimum Gasteiger partial charge on any atom is -0.397 e. The zero-order valence-electron chi connectivity index (χ0n) is 11.0. The molecule has 0 bridgehead atoms. The Hall–Kier alpha value is -1.22. The third-order valence-corrected chi connectivity index (χ3v) is 3.74. The standard InChI is InChI=1S/C14H22N2O/c1-11-6-4-7-12(15)13(11)16-9-5-8-14(2,10-16)17-3/h4,6-7H,5,8-10,15H2,1-3H3. The first-order valence-corrected chi connectivity index (χ1v) is 6.21. The Morgan fingerprint density at radius 3 is 2.82 bits per heavy atom. The van der Waals surface area contributed by atoms with Gasteiger partial charge in [0.05, 0.1) is 17.0 Å². The predicted molar refractivity (Wildman–Crippen MR) is 72.5 cm³/mol. The van der Waals surface area contributed by atoms with Crippen molar-refractivity contribution < 1.29 is 4.74 Å². The summed E-state index contributed by atoms with van der Waals surface area (Å²) in [4.78, 5) is 2.36. The molecule has 1 fully saturated rings. The number of nitrogen functional groups attached to an aromatic ring is 1. The van der Waals surface area contributed by atoms with Gasteiger partial charge in [0.2, 0.25) is 0 Å². The number of piperidine rings is 1. The quantitative estimate of drug-likeness (QED) is 0.799. The van der Waals surface area contributed by atoms with Gasteiger partial charge in [-0.05, 0) is 38.3 Å². The highest BCUT2D eigenvalue weighted by atomic mass is 16.5. The molecule has 1 unspecified atom stereocenters. The molecule has 1 aromatic carbocycles. The van der Waals surface area contributed by atoms with Crippen molar-refractivity contribution in [2.75, 3.05) is 30.8 Å². The number of aryl methyl sites for hydroxylation is 1. The van der Waals surface area contributed by atoms with Crippen LogP contribution in [0.15, 0.2) is 18.2 Å². The minimum atomic E-state index is -0.0486. The minimum absolute atomic E-state index is 0.0486. The Morgan fingerprint density at radius 1 is 1.41 bits per heavy atom. The van der Waals surface area contributed by atoms with Gasteiger partial charge in [0.25, 0.3) is 0 Å². The second-order valence-electron chi connectivity index (χ2n) is 5.19. The van der Waals surface area contributed by atoms with E-state index in [1.54, 1.807) is 7.11 Å². The number of hydrogen-bond donors (Lipinski definition) is 1. The summed E-state index contributed by atoms with van der Waals surface area (Å²) in [6.45, 7) is 6.27. The van der Waals surface area contributed by atoms with Crippen molar-refractivity contribution in [2.24, 2.45) is 0 Å². The summed E-state index contributed by atoms with van der Waals surface area (Å²) in [5.41, 5.74) is 9.33. The molecular weight excluding hydrogens is 212 g/mol. The molecule has 3 heteroatoms. The zero-order valence-corrected chi connectivity index (χ0v) is 11.0. The molecule has 0 spiro atoms. The number of ether oxygens (including phenoxy) is 1. The van der Waals surface area contributed by atoms with Crippen molar-refractivity contribution in [3.63, 3.8) is 0 Å². The lowest BCUT2D eigenvalue weighted by atomic mass is 9.93. The van der Waals surface area contributed by atoms with E-state index in [1.807, 2.05) is 12.1 Å². The maximum atomic E-state index is 6.10. The normalized spacial score (nSPS) is 25.0. The topological polar surface area (TPSA) is 38.5 Å². The number of benzene rings is 1. The Morgan fingerprint density at radius 2 is 2.18 bits per heavy atom. The maximum absolute atomic E-state index is 6.10. The van der Waals surface area contributed by atoms with Gasteiger partial charge >= 0.3 is 0 Å². The van der Waals surface area contributed by atoms with Gasteiger partial charge in [-0.3, -0.25) is 0 Å². The largest absolute Gasteiger partial charge is 0.397 e. The van der Waals surface area contributed by atoms with Crippen molar-refractivity contribution in [2.45, 2.75) is 32.3 Å². The van der Waals surface area contributed by atoms with E-state index in [-0.39, 0.29) is 5.60 Å². The monoisotopic (exact) mass is 234 g/mol. The van der Waals surface area contributed by atoms with Crippen molar-refractivity contribution in [3.05, 3.63) is 23.8 Å². The average Bonchev–Trinajstić information content (AvgIpc) is 2.29. The molecule has 94 valence electrons. The van der Waals surface area contributed by atoms with Crippen LogP contribution in [0.5, 0.6) is 0 Å². The second-order valence-corrected chi connectivity index (χ2v) is 5.19. The molecule has 17 heavy (non-hydrogen) atoms. The van der Waals surface area contributed by atoms with E-state index in [4.69, 9.17) is 10.5 Å². The number of para-hydroxylation sites is 1. The molecule has 0 saturated carbocycles. The average molecular weight is 234 g/mol. The summed E-state index contributed by atoms with van der Waals surface area (Å²) in [6, 6.07) is 6.10. The van der Waals surface area contributed by atoms with Crippen molar-refractivity contribution in [1.29, 1.82) is 0 Å². The molecule has 1 aliphatic heterocycles. The Labute approximate surface area is 104 Å². The van der Waals surface area contributed by atoms with Gasteiger partial charge in [-0.25, -0.2) is 0 Å². The Balaban J connectivity index is 2.28. The molecule has 0 aliphatic carbocycles. The van der Waals surface area contributed by atoms with Gasteiger partial charge in [-0.2, -0.15) is 0 Å². The lowest BCUT2D eigenvalue weighted by molar-refractivity contribution is -0.00464. The molecule has 1 atom stereocenters. The second kappa shape index (κ2) is 4.57. The first-order valence-electron chi connectivity index (χ1n) is 6.21. The Bertz CT molecular complexity index is 385. The molecule has 1 aromatic rings. The summed E-state index contributed by atoms with van der Waals surface area (Å²) in [6.07, 6.45) is 2.27. The number of nitrogens with zero attached hydrogens (tertiary/aromatic N) is 1. The van der Waals surface area contributed by atoms with E-state index >= 15 is 0 Å². The number of anilines is 2. The van der Waals surface area contributed by atoms with Crippen LogP contribution in [0.2, 0.25) is 0 Å². The lowest BCUT2D eigenvalue weighted by Gasteiger charge is -2.41. The van der Waals surface area contributed by atoms with E-state index in [0.717, 1.165) is 31.6 Å². The highest BCUT2D eigenvalue weighted by Crippen LogP contribution is 2.33. The fraction of sp³-hybridized carbons (Fsp3) is 0.571. The number of rotatable bonds is 2. The molecule has 0 aromatic heterocycles. The van der Waals surface area contributed by atoms with Gasteiger partial charge in [0.15, 0.2) is 0 Å². The summed E-state index contributed by atoms with van der Waals surface area (Å²) < 4.78 is 5.63. The molecule has 2 rings (SSSR count). The number of hydrogen-bond acceptors (Lipinski definition) is 3. The van der Waals surface area contributed by atoms with Crippen LogP contribution in [0.4, 0.5) is 11.4 Å². The van der Waals surface area contributed by atoms with Crippen LogP contribution in [0.3, 0.4) is 0 Å². The van der Waals surface area contributed by atoms with Crippen LogP contribution in [0.1, 0.15) is 25.3 Å². The van der Waals surface area contributed by atoms with E-state index in [9.17, 15) is 0 Å². The number of nitrogens with two attached hydrogens (primary N) is 1. The highest BCUT2D eigenvalue weighted by Gasteiger charge is 2.31. The van der Waals surface area contributed by atoms with Crippen molar-refractivity contribution in [1.82, 2.24) is 0 Å². The van der Waals surface area contributed by atoms with Gasteiger partial charge in [-0.1, -0.05) is 12.1 Å². The van der Waals surface area contributed by atoms with Gasteiger partial charge in [-0.15, -0.1) is 0 Å². The zero-order chi connectivity index (χ0) is 12.5. The van der Waals surface area contributed by atoms with Gasteiger partial charge in [0, 0.05) is 20.2 Å². The van der Waals surface area contributed by atoms with Crippen LogP contribution < -0.4 is 10.6 Å². The molecule has 1 heterocycles. The third-order valence-electron chi connectivity index (χ3n) is 3.74. The molecule has 1 aliphatic rings. The predicted octanol–water partition coefficient (Wildman–Crippen LogP) is 2.58. The third kappa shape index (κ3) is 2.39. The van der Waals surface area contributed by atoms with Gasteiger partial charge < -0.3 is 15.4 Å².